The minimum absolute atomic E-state index is 0.0194. The second-order valence-corrected chi connectivity index (χ2v) is 6.33. The van der Waals surface area contributed by atoms with E-state index in [0.29, 0.717) is 37.3 Å². The molecule has 3 rings (SSSR count). The lowest BCUT2D eigenvalue weighted by molar-refractivity contribution is -0.277. The molecule has 3 N–H and O–H groups in total. The number of pyridine rings is 1. The molecule has 0 fully saturated rings. The zero-order chi connectivity index (χ0) is 18.9. The largest absolute Gasteiger partial charge is 0.477 e. The molecule has 3 heterocycles. The number of aromatic nitrogens is 3. The van der Waals surface area contributed by atoms with Gasteiger partial charge in [0.25, 0.3) is 11.8 Å². The molecule has 0 unspecified atom stereocenters. The summed E-state index contributed by atoms with van der Waals surface area (Å²) in [7, 11) is 0. The Bertz CT molecular complexity index is 794. The number of nitrogen functional groups attached to an aromatic ring is 1. The quantitative estimate of drug-likeness (QED) is 0.731. The Labute approximate surface area is 147 Å². The summed E-state index contributed by atoms with van der Waals surface area (Å²) in [5.41, 5.74) is 3.55. The molecule has 7 nitrogen and oxygen atoms in total. The zero-order valence-electron chi connectivity index (χ0n) is 14.1. The zero-order valence-corrected chi connectivity index (χ0v) is 14.1. The van der Waals surface area contributed by atoms with Crippen molar-refractivity contribution in [1.82, 2.24) is 15.2 Å². The first kappa shape index (κ1) is 18.4. The number of hydrogen-bond donors (Lipinski definition) is 2. The molecule has 0 aromatic carbocycles. The lowest BCUT2D eigenvalue weighted by Crippen LogP contribution is -2.42. The van der Waals surface area contributed by atoms with Gasteiger partial charge in [-0.05, 0) is 32.3 Å². The van der Waals surface area contributed by atoms with Gasteiger partial charge in [-0.25, -0.2) is 4.98 Å². The normalized spacial score (nSPS) is 21.7. The minimum atomic E-state index is -4.95. The lowest BCUT2D eigenvalue weighted by atomic mass is 9.95. The van der Waals surface area contributed by atoms with E-state index < -0.39 is 24.1 Å². The summed E-state index contributed by atoms with van der Waals surface area (Å²) < 4.78 is 51.2. The van der Waals surface area contributed by atoms with Crippen molar-refractivity contribution in [2.24, 2.45) is 0 Å². The number of anilines is 1. The molecule has 0 amide bonds. The summed E-state index contributed by atoms with van der Waals surface area (Å²) in [4.78, 5) is 4.21. The smallest absolute Gasteiger partial charge is 0.426 e. The van der Waals surface area contributed by atoms with E-state index in [1.54, 1.807) is 13.0 Å². The van der Waals surface area contributed by atoms with Crippen LogP contribution >= 0.6 is 0 Å². The van der Waals surface area contributed by atoms with Crippen LogP contribution in [0.1, 0.15) is 43.6 Å². The first-order valence-electron chi connectivity index (χ1n) is 8.26. The number of rotatable bonds is 0. The van der Waals surface area contributed by atoms with Crippen LogP contribution in [0, 0.1) is 6.92 Å². The molecule has 4 bridgehead atoms. The van der Waals surface area contributed by atoms with E-state index in [-0.39, 0.29) is 23.7 Å². The van der Waals surface area contributed by atoms with Crippen molar-refractivity contribution >= 4 is 5.69 Å². The number of aliphatic hydroxyl groups is 1. The summed E-state index contributed by atoms with van der Waals surface area (Å²) in [6.45, 7) is 2.13. The van der Waals surface area contributed by atoms with Crippen LogP contribution in [-0.2, 0) is 5.60 Å². The van der Waals surface area contributed by atoms with Crippen molar-refractivity contribution in [3.8, 4) is 17.5 Å². The van der Waals surface area contributed by atoms with Crippen LogP contribution in [-0.4, -0.2) is 33.1 Å². The fraction of sp³-hybridized carbons (Fsp3) is 0.562. The van der Waals surface area contributed by atoms with Gasteiger partial charge in [-0.1, -0.05) is 12.8 Å². The average molecular weight is 372 g/mol. The van der Waals surface area contributed by atoms with E-state index in [2.05, 4.69) is 15.2 Å². The summed E-state index contributed by atoms with van der Waals surface area (Å²) >= 11 is 0. The number of ether oxygens (including phenoxy) is 1. The number of aryl methyl sites for hydroxylation is 1. The lowest BCUT2D eigenvalue weighted by Gasteiger charge is -2.26. The molecule has 0 aliphatic carbocycles. The fourth-order valence-corrected chi connectivity index (χ4v) is 2.80. The Kier molecular flexibility index (Phi) is 4.78. The molecule has 1 aliphatic rings. The number of hydrogen-bond acceptors (Lipinski definition) is 7. The van der Waals surface area contributed by atoms with Crippen molar-refractivity contribution < 1.29 is 27.4 Å². The Balaban J connectivity index is 2.10. The van der Waals surface area contributed by atoms with Crippen LogP contribution in [0.5, 0.6) is 5.88 Å². The molecular formula is C16H19F3N4O3. The van der Waals surface area contributed by atoms with Crippen LogP contribution in [0.3, 0.4) is 0 Å². The first-order chi connectivity index (χ1) is 12.2. The summed E-state index contributed by atoms with van der Waals surface area (Å²) in [5, 5.41) is 17.3. The molecule has 0 saturated heterocycles. The third-order valence-electron chi connectivity index (χ3n) is 4.32. The molecule has 1 aliphatic heterocycles. The number of halogens is 3. The van der Waals surface area contributed by atoms with Crippen molar-refractivity contribution in [3.63, 3.8) is 0 Å². The predicted molar refractivity (Wildman–Crippen MR) is 85.2 cm³/mol. The van der Waals surface area contributed by atoms with Gasteiger partial charge in [-0.15, -0.1) is 10.2 Å². The molecule has 26 heavy (non-hydrogen) atoms. The predicted octanol–water partition coefficient (Wildman–Crippen LogP) is 3.12. The Morgan fingerprint density at radius 3 is 2.65 bits per heavy atom. The van der Waals surface area contributed by atoms with Crippen molar-refractivity contribution in [1.29, 1.82) is 0 Å². The summed E-state index contributed by atoms with van der Waals surface area (Å²) in [5.74, 6) is -0.916. The molecule has 10 heteroatoms. The maximum Gasteiger partial charge on any atom is 0.426 e. The number of nitrogens with two attached hydrogens (primary N) is 1. The molecule has 0 spiro atoms. The average Bonchev–Trinajstić information content (AvgIpc) is 3.03. The van der Waals surface area contributed by atoms with Crippen LogP contribution in [0.2, 0.25) is 0 Å². The number of nitrogens with zero attached hydrogens (tertiary/aromatic N) is 3. The SMILES string of the molecule is Cc1cc(N)c2nc1OCCCCCC[C@@](O)(C(F)(F)F)c1nnc-2o1. The monoisotopic (exact) mass is 372 g/mol. The van der Waals surface area contributed by atoms with Gasteiger partial charge in [0.2, 0.25) is 11.5 Å². The van der Waals surface area contributed by atoms with Crippen molar-refractivity contribution in [2.75, 3.05) is 12.3 Å². The summed E-state index contributed by atoms with van der Waals surface area (Å²) in [6.07, 6.45) is -3.55. The minimum Gasteiger partial charge on any atom is -0.477 e. The first-order valence-corrected chi connectivity index (χ1v) is 8.26. The van der Waals surface area contributed by atoms with Gasteiger partial charge in [-0.3, -0.25) is 0 Å². The topological polar surface area (TPSA) is 107 Å². The van der Waals surface area contributed by atoms with E-state index >= 15 is 0 Å². The van der Waals surface area contributed by atoms with E-state index in [1.807, 2.05) is 0 Å². The van der Waals surface area contributed by atoms with E-state index in [9.17, 15) is 18.3 Å². The highest BCUT2D eigenvalue weighted by atomic mass is 19.4. The fourth-order valence-electron chi connectivity index (χ4n) is 2.80. The molecular weight excluding hydrogens is 353 g/mol. The van der Waals surface area contributed by atoms with E-state index in [0.717, 1.165) is 0 Å². The van der Waals surface area contributed by atoms with Gasteiger partial charge in [0, 0.05) is 5.56 Å². The number of alkyl halides is 3. The van der Waals surface area contributed by atoms with Gasteiger partial charge in [0.1, 0.15) is 0 Å². The Morgan fingerprint density at radius 1 is 1.19 bits per heavy atom. The third kappa shape index (κ3) is 3.33. The van der Waals surface area contributed by atoms with E-state index in [4.69, 9.17) is 14.9 Å². The van der Waals surface area contributed by atoms with Crippen LogP contribution < -0.4 is 10.5 Å². The molecule has 2 aromatic rings. The third-order valence-corrected chi connectivity index (χ3v) is 4.32. The summed E-state index contributed by atoms with van der Waals surface area (Å²) in [6, 6.07) is 1.57. The molecule has 0 saturated carbocycles. The highest BCUT2D eigenvalue weighted by Gasteiger charge is 2.58. The molecule has 2 aromatic heterocycles. The highest BCUT2D eigenvalue weighted by molar-refractivity contribution is 5.67. The standard InChI is InChI=1S/C16H19F3N4O3/c1-9-8-10(20)11-13-22-23-14(26-13)15(24,16(17,18)19)6-4-2-3-5-7-25-12(9)21-11/h8,24H,2-7,20H2,1H3/t15-/m0/s1. The Hall–Kier alpha value is -2.36. The van der Waals surface area contributed by atoms with Crippen LogP contribution in [0.15, 0.2) is 10.5 Å². The van der Waals surface area contributed by atoms with Gasteiger partial charge >= 0.3 is 6.18 Å². The molecule has 142 valence electrons. The van der Waals surface area contributed by atoms with E-state index in [1.165, 1.54) is 0 Å². The van der Waals surface area contributed by atoms with Gasteiger partial charge in [-0.2, -0.15) is 13.2 Å². The van der Waals surface area contributed by atoms with Crippen LogP contribution in [0.4, 0.5) is 18.9 Å². The molecule has 0 radical (unpaired) electrons. The van der Waals surface area contributed by atoms with Gasteiger partial charge < -0.3 is 20.0 Å². The Morgan fingerprint density at radius 2 is 1.92 bits per heavy atom. The number of fused-ring (bicyclic) bond motifs is 5. The van der Waals surface area contributed by atoms with Crippen LogP contribution in [0.25, 0.3) is 11.6 Å². The molecule has 1 atom stereocenters. The second kappa shape index (κ2) is 6.75. The van der Waals surface area contributed by atoms with Gasteiger partial charge in [0.15, 0.2) is 5.69 Å². The maximum atomic E-state index is 13.5. The highest BCUT2D eigenvalue weighted by Crippen LogP contribution is 2.43. The van der Waals surface area contributed by atoms with Gasteiger partial charge in [0.05, 0.1) is 12.3 Å². The van der Waals surface area contributed by atoms with Crippen molar-refractivity contribution in [2.45, 2.75) is 50.8 Å². The maximum absolute atomic E-state index is 13.5. The second-order valence-electron chi connectivity index (χ2n) is 6.33. The van der Waals surface area contributed by atoms with Crippen molar-refractivity contribution in [3.05, 3.63) is 17.5 Å².